The van der Waals surface area contributed by atoms with E-state index in [-0.39, 0.29) is 29.4 Å². The third-order valence-corrected chi connectivity index (χ3v) is 4.42. The summed E-state index contributed by atoms with van der Waals surface area (Å²) in [6, 6.07) is 17.4. The van der Waals surface area contributed by atoms with Gasteiger partial charge in [-0.1, -0.05) is 30.3 Å². The maximum absolute atomic E-state index is 12.6. The van der Waals surface area contributed by atoms with E-state index in [1.807, 2.05) is 57.2 Å². The Morgan fingerprint density at radius 1 is 0.968 bits per heavy atom. The van der Waals surface area contributed by atoms with Crippen LogP contribution in [0.15, 0.2) is 60.7 Å². The first-order valence-electron chi connectivity index (χ1n) is 9.76. The van der Waals surface area contributed by atoms with Crippen molar-refractivity contribution < 1.29 is 14.5 Å². The van der Waals surface area contributed by atoms with Gasteiger partial charge in [0.2, 0.25) is 5.91 Å². The maximum atomic E-state index is 12.6. The van der Waals surface area contributed by atoms with E-state index in [1.165, 1.54) is 18.2 Å². The molecule has 0 heterocycles. The number of carbonyl (C=O) groups is 2. The van der Waals surface area contributed by atoms with Crippen LogP contribution in [-0.2, 0) is 4.79 Å². The van der Waals surface area contributed by atoms with E-state index < -0.39 is 16.4 Å². The van der Waals surface area contributed by atoms with Crippen LogP contribution in [0.1, 0.15) is 31.1 Å². The highest BCUT2D eigenvalue weighted by atomic mass is 16.6. The van der Waals surface area contributed by atoms with Crippen LogP contribution in [0.25, 0.3) is 10.8 Å². The number of nitro groups is 1. The van der Waals surface area contributed by atoms with Crippen molar-refractivity contribution in [3.8, 4) is 0 Å². The van der Waals surface area contributed by atoms with E-state index in [2.05, 4.69) is 16.0 Å². The topological polar surface area (TPSA) is 113 Å². The first-order chi connectivity index (χ1) is 14.6. The van der Waals surface area contributed by atoms with Gasteiger partial charge in [-0.05, 0) is 55.8 Å². The number of anilines is 2. The second-order valence-corrected chi connectivity index (χ2v) is 8.16. The lowest BCUT2D eigenvalue weighted by atomic mass is 10.1. The van der Waals surface area contributed by atoms with Crippen LogP contribution in [0.2, 0.25) is 0 Å². The van der Waals surface area contributed by atoms with Crippen LogP contribution >= 0.6 is 0 Å². The number of amides is 2. The van der Waals surface area contributed by atoms with Crippen LogP contribution in [0, 0.1) is 10.1 Å². The second kappa shape index (κ2) is 8.83. The lowest BCUT2D eigenvalue weighted by Gasteiger charge is -2.20. The molecule has 0 bridgehead atoms. The number of hydrogen-bond acceptors (Lipinski definition) is 5. The van der Waals surface area contributed by atoms with Crippen molar-refractivity contribution in [2.24, 2.45) is 0 Å². The van der Waals surface area contributed by atoms with Crippen molar-refractivity contribution in [1.29, 1.82) is 0 Å². The summed E-state index contributed by atoms with van der Waals surface area (Å²) in [5, 5.41) is 21.8. The van der Waals surface area contributed by atoms with Crippen molar-refractivity contribution in [2.75, 3.05) is 17.2 Å². The molecule has 3 N–H and O–H groups in total. The summed E-state index contributed by atoms with van der Waals surface area (Å²) < 4.78 is 0. The lowest BCUT2D eigenvalue weighted by Crippen LogP contribution is -2.43. The van der Waals surface area contributed by atoms with Gasteiger partial charge in [-0.2, -0.15) is 0 Å². The van der Waals surface area contributed by atoms with Gasteiger partial charge in [-0.25, -0.2) is 0 Å². The molecule has 0 aromatic heterocycles. The average molecular weight is 420 g/mol. The normalized spacial score (nSPS) is 11.1. The Morgan fingerprint density at radius 2 is 1.68 bits per heavy atom. The van der Waals surface area contributed by atoms with Crippen LogP contribution in [0.4, 0.5) is 17.1 Å². The quantitative estimate of drug-likeness (QED) is 0.406. The number of rotatable bonds is 6. The number of nitrogens with one attached hydrogen (secondary N) is 3. The summed E-state index contributed by atoms with van der Waals surface area (Å²) >= 11 is 0. The summed E-state index contributed by atoms with van der Waals surface area (Å²) in [5.41, 5.74) is 0.207. The molecule has 0 saturated heterocycles. The minimum atomic E-state index is -0.587. The monoisotopic (exact) mass is 420 g/mol. The van der Waals surface area contributed by atoms with Crippen molar-refractivity contribution in [3.05, 3.63) is 76.3 Å². The summed E-state index contributed by atoms with van der Waals surface area (Å²) in [6.45, 7) is 5.41. The van der Waals surface area contributed by atoms with E-state index in [0.717, 1.165) is 10.8 Å². The molecule has 160 valence electrons. The SMILES string of the molecule is CC(C)(C)NC(=O)CNc1ccc(C(=O)Nc2ccc3ccccc3c2)cc1[N+](=O)[O-]. The van der Waals surface area contributed by atoms with E-state index in [9.17, 15) is 19.7 Å². The zero-order chi connectivity index (χ0) is 22.6. The molecular formula is C23H24N4O4. The second-order valence-electron chi connectivity index (χ2n) is 8.16. The van der Waals surface area contributed by atoms with E-state index >= 15 is 0 Å². The van der Waals surface area contributed by atoms with E-state index in [4.69, 9.17) is 0 Å². The molecule has 2 amide bonds. The minimum absolute atomic E-state index is 0.124. The lowest BCUT2D eigenvalue weighted by molar-refractivity contribution is -0.384. The number of carbonyl (C=O) groups excluding carboxylic acids is 2. The largest absolute Gasteiger partial charge is 0.371 e. The number of nitro benzene ring substituents is 1. The predicted octanol–water partition coefficient (Wildman–Crippen LogP) is 4.33. The van der Waals surface area contributed by atoms with Crippen LogP contribution in [0.3, 0.4) is 0 Å². The highest BCUT2D eigenvalue weighted by Gasteiger charge is 2.19. The maximum Gasteiger partial charge on any atom is 0.293 e. The van der Waals surface area contributed by atoms with Crippen LogP contribution in [0.5, 0.6) is 0 Å². The Labute approximate surface area is 179 Å². The van der Waals surface area contributed by atoms with Crippen LogP contribution < -0.4 is 16.0 Å². The molecule has 0 aliphatic heterocycles. The van der Waals surface area contributed by atoms with Gasteiger partial charge in [0, 0.05) is 22.9 Å². The smallest absolute Gasteiger partial charge is 0.293 e. The molecule has 31 heavy (non-hydrogen) atoms. The zero-order valence-electron chi connectivity index (χ0n) is 17.6. The van der Waals surface area contributed by atoms with E-state index in [0.29, 0.717) is 5.69 Å². The van der Waals surface area contributed by atoms with E-state index in [1.54, 1.807) is 6.07 Å². The molecular weight excluding hydrogens is 396 g/mol. The molecule has 3 aromatic rings. The summed E-state index contributed by atoms with van der Waals surface area (Å²) in [5.74, 6) is -0.754. The van der Waals surface area contributed by atoms with Gasteiger partial charge in [-0.15, -0.1) is 0 Å². The Balaban J connectivity index is 1.75. The number of benzene rings is 3. The highest BCUT2D eigenvalue weighted by molar-refractivity contribution is 6.06. The number of hydrogen-bond donors (Lipinski definition) is 3. The fourth-order valence-electron chi connectivity index (χ4n) is 3.08. The molecule has 0 radical (unpaired) electrons. The Hall–Kier alpha value is -3.94. The standard InChI is InChI=1S/C23H24N4O4/c1-23(2,3)26-21(28)14-24-19-11-9-17(13-20(19)27(30)31)22(29)25-18-10-8-15-6-4-5-7-16(15)12-18/h4-13,24H,14H2,1-3H3,(H,25,29)(H,26,28). The third kappa shape index (κ3) is 5.79. The molecule has 0 unspecified atom stereocenters. The Bertz CT molecular complexity index is 1150. The van der Waals surface area contributed by atoms with Gasteiger partial charge in [-0.3, -0.25) is 19.7 Å². The number of nitrogens with zero attached hydrogens (tertiary/aromatic N) is 1. The zero-order valence-corrected chi connectivity index (χ0v) is 17.6. The minimum Gasteiger partial charge on any atom is -0.371 e. The van der Waals surface area contributed by atoms with Crippen molar-refractivity contribution >= 4 is 39.6 Å². The molecule has 8 heteroatoms. The molecule has 0 atom stereocenters. The van der Waals surface area contributed by atoms with Crippen molar-refractivity contribution in [3.63, 3.8) is 0 Å². The highest BCUT2D eigenvalue weighted by Crippen LogP contribution is 2.26. The van der Waals surface area contributed by atoms with Gasteiger partial charge >= 0.3 is 0 Å². The van der Waals surface area contributed by atoms with Gasteiger partial charge < -0.3 is 16.0 Å². The van der Waals surface area contributed by atoms with Gasteiger partial charge in [0.15, 0.2) is 0 Å². The third-order valence-electron chi connectivity index (χ3n) is 4.42. The van der Waals surface area contributed by atoms with Gasteiger partial charge in [0.1, 0.15) is 5.69 Å². The molecule has 0 spiro atoms. The summed E-state index contributed by atoms with van der Waals surface area (Å²) in [7, 11) is 0. The molecule has 0 fully saturated rings. The molecule has 0 aliphatic rings. The van der Waals surface area contributed by atoms with Crippen molar-refractivity contribution in [1.82, 2.24) is 5.32 Å². The first-order valence-corrected chi connectivity index (χ1v) is 9.76. The average Bonchev–Trinajstić information content (AvgIpc) is 2.70. The molecule has 8 nitrogen and oxygen atoms in total. The Kier molecular flexibility index (Phi) is 6.20. The molecule has 0 saturated carbocycles. The molecule has 3 aromatic carbocycles. The van der Waals surface area contributed by atoms with Gasteiger partial charge in [0.05, 0.1) is 11.5 Å². The first kappa shape index (κ1) is 21.8. The van der Waals surface area contributed by atoms with Crippen molar-refractivity contribution in [2.45, 2.75) is 26.3 Å². The van der Waals surface area contributed by atoms with Gasteiger partial charge in [0.25, 0.3) is 11.6 Å². The fourth-order valence-corrected chi connectivity index (χ4v) is 3.08. The molecule has 3 rings (SSSR count). The van der Waals surface area contributed by atoms with Crippen LogP contribution in [-0.4, -0.2) is 28.8 Å². The summed E-state index contributed by atoms with van der Waals surface area (Å²) in [6.07, 6.45) is 0. The number of fused-ring (bicyclic) bond motifs is 1. The molecule has 0 aliphatic carbocycles. The predicted molar refractivity (Wildman–Crippen MR) is 121 cm³/mol. The Morgan fingerprint density at radius 3 is 2.35 bits per heavy atom. The summed E-state index contributed by atoms with van der Waals surface area (Å²) in [4.78, 5) is 35.5. The fraction of sp³-hybridized carbons (Fsp3) is 0.217.